The van der Waals surface area contributed by atoms with E-state index in [-0.39, 0.29) is 17.7 Å². The Morgan fingerprint density at radius 2 is 1.70 bits per heavy atom. The SMILES string of the molecule is CCOC(=O)C1=C(C)N=c2s/c(=C\c3cn(Cc4cccc5ccccc45)c4ccccc34)c(=O)n2[C@@H]1c1ccc(F)cc1. The van der Waals surface area contributed by atoms with Crippen molar-refractivity contribution < 1.29 is 13.9 Å². The van der Waals surface area contributed by atoms with Gasteiger partial charge in [-0.15, -0.1) is 0 Å². The van der Waals surface area contributed by atoms with Gasteiger partial charge in [0, 0.05) is 29.2 Å². The molecule has 1 aliphatic rings. The Bertz CT molecular complexity index is 2290. The van der Waals surface area contributed by atoms with Crippen molar-refractivity contribution in [3.05, 3.63) is 151 Å². The number of hydrogen-bond donors (Lipinski definition) is 0. The van der Waals surface area contributed by atoms with Gasteiger partial charge in [0.2, 0.25) is 0 Å². The lowest BCUT2D eigenvalue weighted by molar-refractivity contribution is -0.139. The van der Waals surface area contributed by atoms with Crippen molar-refractivity contribution in [2.45, 2.75) is 26.4 Å². The molecule has 0 amide bonds. The molecular weight excluding hydrogens is 573 g/mol. The molecule has 7 rings (SSSR count). The Hall–Kier alpha value is -5.08. The summed E-state index contributed by atoms with van der Waals surface area (Å²) in [5, 5.41) is 3.42. The van der Waals surface area contributed by atoms with Crippen molar-refractivity contribution in [3.8, 4) is 0 Å². The third-order valence-electron chi connectivity index (χ3n) is 8.03. The van der Waals surface area contributed by atoms with E-state index in [1.807, 2.05) is 24.3 Å². The van der Waals surface area contributed by atoms with Crippen LogP contribution in [0.4, 0.5) is 4.39 Å². The van der Waals surface area contributed by atoms with Crippen LogP contribution in [0.1, 0.15) is 36.6 Å². The third kappa shape index (κ3) is 4.77. The van der Waals surface area contributed by atoms with E-state index in [9.17, 15) is 14.0 Å². The molecule has 0 saturated heterocycles. The second-order valence-corrected chi connectivity index (χ2v) is 11.7. The van der Waals surface area contributed by atoms with E-state index in [4.69, 9.17) is 4.74 Å². The van der Waals surface area contributed by atoms with E-state index in [0.29, 0.717) is 27.1 Å². The minimum atomic E-state index is -0.791. The van der Waals surface area contributed by atoms with Gasteiger partial charge in [0.25, 0.3) is 5.56 Å². The van der Waals surface area contributed by atoms with Gasteiger partial charge in [-0.2, -0.15) is 0 Å². The first-order valence-electron chi connectivity index (χ1n) is 14.4. The highest BCUT2D eigenvalue weighted by Crippen LogP contribution is 2.31. The fourth-order valence-electron chi connectivity index (χ4n) is 6.03. The van der Waals surface area contributed by atoms with Gasteiger partial charge in [-0.1, -0.05) is 84.1 Å². The van der Waals surface area contributed by atoms with Crippen molar-refractivity contribution >= 4 is 45.1 Å². The van der Waals surface area contributed by atoms with E-state index in [0.717, 1.165) is 16.5 Å². The van der Waals surface area contributed by atoms with Crippen molar-refractivity contribution in [2.24, 2.45) is 4.99 Å². The van der Waals surface area contributed by atoms with E-state index >= 15 is 0 Å². The molecule has 4 aromatic carbocycles. The minimum absolute atomic E-state index is 0.180. The number of aromatic nitrogens is 2. The van der Waals surface area contributed by atoms with Gasteiger partial charge in [-0.3, -0.25) is 9.36 Å². The van der Waals surface area contributed by atoms with Gasteiger partial charge < -0.3 is 9.30 Å². The number of rotatable bonds is 6. The molecule has 3 heterocycles. The summed E-state index contributed by atoms with van der Waals surface area (Å²) in [7, 11) is 0. The molecule has 0 radical (unpaired) electrons. The first-order chi connectivity index (χ1) is 21.4. The number of halogens is 1. The normalized spacial score (nSPS) is 15.1. The summed E-state index contributed by atoms with van der Waals surface area (Å²) in [6.07, 6.45) is 3.98. The summed E-state index contributed by atoms with van der Waals surface area (Å²) < 4.78 is 23.5. The highest BCUT2D eigenvalue weighted by molar-refractivity contribution is 7.07. The highest BCUT2D eigenvalue weighted by atomic mass is 32.1. The lowest BCUT2D eigenvalue weighted by Gasteiger charge is -2.24. The second kappa shape index (κ2) is 11.2. The number of thiazole rings is 1. The fourth-order valence-corrected chi connectivity index (χ4v) is 7.07. The van der Waals surface area contributed by atoms with Crippen molar-refractivity contribution in [2.75, 3.05) is 6.61 Å². The highest BCUT2D eigenvalue weighted by Gasteiger charge is 2.33. The Morgan fingerprint density at radius 3 is 2.50 bits per heavy atom. The lowest BCUT2D eigenvalue weighted by atomic mass is 9.96. The predicted molar refractivity (Wildman–Crippen MR) is 172 cm³/mol. The average Bonchev–Trinajstić information content (AvgIpc) is 3.53. The Morgan fingerprint density at radius 1 is 0.977 bits per heavy atom. The lowest BCUT2D eigenvalue weighted by Crippen LogP contribution is -2.39. The first kappa shape index (κ1) is 27.7. The van der Waals surface area contributed by atoms with E-state index in [1.54, 1.807) is 26.0 Å². The smallest absolute Gasteiger partial charge is 0.338 e. The van der Waals surface area contributed by atoms with Crippen molar-refractivity contribution in [3.63, 3.8) is 0 Å². The maximum atomic E-state index is 14.1. The van der Waals surface area contributed by atoms with Gasteiger partial charge in [-0.25, -0.2) is 14.2 Å². The van der Waals surface area contributed by atoms with Crippen LogP contribution in [0.15, 0.2) is 118 Å². The van der Waals surface area contributed by atoms with Crippen LogP contribution in [0, 0.1) is 5.82 Å². The van der Waals surface area contributed by atoms with E-state index in [1.165, 1.54) is 44.4 Å². The number of allylic oxidation sites excluding steroid dienone is 1. The number of nitrogens with zero attached hydrogens (tertiary/aromatic N) is 3. The second-order valence-electron chi connectivity index (χ2n) is 10.7. The maximum absolute atomic E-state index is 14.1. The summed E-state index contributed by atoms with van der Waals surface area (Å²) in [4.78, 5) is 32.4. The molecule has 0 bridgehead atoms. The summed E-state index contributed by atoms with van der Waals surface area (Å²) in [6.45, 7) is 4.32. The van der Waals surface area contributed by atoms with Crippen LogP contribution >= 0.6 is 11.3 Å². The molecule has 0 saturated carbocycles. The zero-order valence-electron chi connectivity index (χ0n) is 24.2. The molecule has 44 heavy (non-hydrogen) atoms. The summed E-state index contributed by atoms with van der Waals surface area (Å²) >= 11 is 1.27. The first-order valence-corrected chi connectivity index (χ1v) is 15.2. The molecule has 0 spiro atoms. The Labute approximate surface area is 256 Å². The molecule has 0 aliphatic carbocycles. The molecule has 0 N–H and O–H groups in total. The van der Waals surface area contributed by atoms with Crippen LogP contribution in [0.5, 0.6) is 0 Å². The summed E-state index contributed by atoms with van der Waals surface area (Å²) in [6, 6.07) is 27.9. The Kier molecular flexibility index (Phi) is 7.06. The van der Waals surface area contributed by atoms with E-state index < -0.39 is 17.8 Å². The standard InChI is InChI=1S/C36H28FN3O3S/c1-3-43-35(42)32-22(2)38-36-40(33(32)24-15-17-27(37)18-16-24)34(41)31(44-36)19-26-21-39(30-14-7-6-13-29(26)30)20-25-11-8-10-23-9-4-5-12-28(23)25/h4-19,21,33H,3,20H2,1-2H3/b31-19-/t33-/m1/s1. The number of para-hydroxylation sites is 1. The number of fused-ring (bicyclic) bond motifs is 3. The van der Waals surface area contributed by atoms with E-state index in [2.05, 4.69) is 64.3 Å². The maximum Gasteiger partial charge on any atom is 0.338 e. The molecule has 0 fully saturated rings. The average molecular weight is 602 g/mol. The molecule has 2 aromatic heterocycles. The molecule has 1 atom stereocenters. The van der Waals surface area contributed by atoms with Gasteiger partial charge in [-0.05, 0) is 60.0 Å². The number of ether oxygens (including phenoxy) is 1. The summed E-state index contributed by atoms with van der Waals surface area (Å²) in [5.41, 5.74) is 4.23. The number of carbonyl (C=O) groups excluding carboxylic acids is 1. The monoisotopic (exact) mass is 601 g/mol. The molecule has 0 unspecified atom stereocenters. The minimum Gasteiger partial charge on any atom is -0.463 e. The number of carbonyl (C=O) groups is 1. The fraction of sp³-hybridized carbons (Fsp3) is 0.139. The molecule has 8 heteroatoms. The van der Waals surface area contributed by atoms with Gasteiger partial charge in [0.05, 0.1) is 28.5 Å². The van der Waals surface area contributed by atoms with Gasteiger partial charge in [0.1, 0.15) is 5.82 Å². The predicted octanol–water partition coefficient (Wildman–Crippen LogP) is 6.09. The largest absolute Gasteiger partial charge is 0.463 e. The van der Waals surface area contributed by atoms with Crippen LogP contribution in [0.25, 0.3) is 27.8 Å². The quantitative estimate of drug-likeness (QED) is 0.217. The van der Waals surface area contributed by atoms with Crippen molar-refractivity contribution in [1.29, 1.82) is 0 Å². The number of hydrogen-bond acceptors (Lipinski definition) is 5. The van der Waals surface area contributed by atoms with Crippen LogP contribution in [-0.4, -0.2) is 21.7 Å². The van der Waals surface area contributed by atoms with Gasteiger partial charge >= 0.3 is 5.97 Å². The molecule has 218 valence electrons. The van der Waals surface area contributed by atoms with Gasteiger partial charge in [0.15, 0.2) is 4.80 Å². The van der Waals surface area contributed by atoms with Crippen LogP contribution in [-0.2, 0) is 16.1 Å². The van der Waals surface area contributed by atoms with Crippen LogP contribution < -0.4 is 14.9 Å². The zero-order chi connectivity index (χ0) is 30.4. The number of esters is 1. The van der Waals surface area contributed by atoms with Crippen LogP contribution in [0.3, 0.4) is 0 Å². The Balaban J connectivity index is 1.38. The van der Waals surface area contributed by atoms with Crippen LogP contribution in [0.2, 0.25) is 0 Å². The number of benzene rings is 4. The topological polar surface area (TPSA) is 65.6 Å². The zero-order valence-corrected chi connectivity index (χ0v) is 25.0. The molecular formula is C36H28FN3O3S. The van der Waals surface area contributed by atoms with Crippen molar-refractivity contribution in [1.82, 2.24) is 9.13 Å². The summed E-state index contributed by atoms with van der Waals surface area (Å²) in [5.74, 6) is -0.951. The molecule has 6 nitrogen and oxygen atoms in total. The molecule has 1 aliphatic heterocycles. The molecule has 6 aromatic rings. The third-order valence-corrected chi connectivity index (χ3v) is 9.01.